The molecule has 0 saturated heterocycles. The molecule has 0 unspecified atom stereocenters. The fourth-order valence-electron chi connectivity index (χ4n) is 2.61. The van der Waals surface area contributed by atoms with Crippen molar-refractivity contribution in [1.82, 2.24) is 0 Å². The first-order valence-corrected chi connectivity index (χ1v) is 7.82. The van der Waals surface area contributed by atoms with Crippen molar-refractivity contribution in [2.24, 2.45) is 11.8 Å². The number of thiophene rings is 1. The van der Waals surface area contributed by atoms with E-state index in [0.717, 1.165) is 30.6 Å². The molecule has 1 amide bonds. The number of amides is 1. The Morgan fingerprint density at radius 1 is 1.30 bits per heavy atom. The lowest BCUT2D eigenvalue weighted by molar-refractivity contribution is -0.121. The quantitative estimate of drug-likeness (QED) is 0.867. The molecule has 1 aromatic heterocycles. The van der Waals surface area contributed by atoms with Crippen molar-refractivity contribution in [2.45, 2.75) is 39.5 Å². The van der Waals surface area contributed by atoms with E-state index in [9.17, 15) is 9.59 Å². The molecule has 110 valence electrons. The largest absolute Gasteiger partial charge is 0.465 e. The summed E-state index contributed by atoms with van der Waals surface area (Å²) in [6.07, 6.45) is 4.07. The van der Waals surface area contributed by atoms with Crippen molar-refractivity contribution in [3.63, 3.8) is 0 Å². The van der Waals surface area contributed by atoms with Gasteiger partial charge < -0.3 is 10.1 Å². The first kappa shape index (κ1) is 15.0. The summed E-state index contributed by atoms with van der Waals surface area (Å²) in [5.41, 5.74) is 0.586. The van der Waals surface area contributed by atoms with Crippen LogP contribution < -0.4 is 5.32 Å². The molecule has 1 heterocycles. The van der Waals surface area contributed by atoms with E-state index in [0.29, 0.717) is 16.5 Å². The molecule has 0 atom stereocenters. The molecule has 1 fully saturated rings. The van der Waals surface area contributed by atoms with Crippen LogP contribution in [-0.2, 0) is 9.53 Å². The zero-order valence-corrected chi connectivity index (χ0v) is 13.0. The minimum Gasteiger partial charge on any atom is -0.465 e. The molecule has 1 aliphatic rings. The van der Waals surface area contributed by atoms with Crippen LogP contribution in [0, 0.1) is 18.8 Å². The van der Waals surface area contributed by atoms with Crippen molar-refractivity contribution in [2.75, 3.05) is 12.4 Å². The second-order valence-electron chi connectivity index (χ2n) is 5.54. The maximum atomic E-state index is 12.3. The predicted octanol–water partition coefficient (Wildman–Crippen LogP) is 3.61. The lowest BCUT2D eigenvalue weighted by Gasteiger charge is -2.25. The molecule has 20 heavy (non-hydrogen) atoms. The number of carbonyl (C=O) groups excluding carboxylic acids is 2. The standard InChI is InChI=1S/C15H21NO3S/c1-9-4-6-11(7-5-9)14(17)16-12-8-10(2)20-13(12)15(18)19-3/h8-9,11H,4-7H2,1-3H3,(H,16,17). The minimum absolute atomic E-state index is 0.0276. The molecule has 1 N–H and O–H groups in total. The van der Waals surface area contributed by atoms with Gasteiger partial charge in [0.15, 0.2) is 0 Å². The molecule has 0 aliphatic heterocycles. The van der Waals surface area contributed by atoms with Crippen molar-refractivity contribution < 1.29 is 14.3 Å². The Morgan fingerprint density at radius 3 is 2.55 bits per heavy atom. The second kappa shape index (κ2) is 6.39. The number of hydrogen-bond acceptors (Lipinski definition) is 4. The van der Waals surface area contributed by atoms with Crippen molar-refractivity contribution in [1.29, 1.82) is 0 Å². The smallest absolute Gasteiger partial charge is 0.350 e. The number of carbonyl (C=O) groups is 2. The number of anilines is 1. The van der Waals surface area contributed by atoms with Crippen LogP contribution in [0.4, 0.5) is 5.69 Å². The van der Waals surface area contributed by atoms with Gasteiger partial charge in [-0.05, 0) is 44.6 Å². The van der Waals surface area contributed by atoms with Crippen LogP contribution in [0.1, 0.15) is 47.2 Å². The molecule has 0 spiro atoms. The first-order chi connectivity index (χ1) is 9.51. The van der Waals surface area contributed by atoms with Crippen LogP contribution >= 0.6 is 11.3 Å². The summed E-state index contributed by atoms with van der Waals surface area (Å²) in [6, 6.07) is 1.83. The molecule has 1 aromatic rings. The molecule has 0 aromatic carbocycles. The van der Waals surface area contributed by atoms with Crippen molar-refractivity contribution in [3.05, 3.63) is 15.8 Å². The summed E-state index contributed by atoms with van der Waals surface area (Å²) in [5.74, 6) is 0.417. The van der Waals surface area contributed by atoms with Gasteiger partial charge in [0.25, 0.3) is 0 Å². The van der Waals surface area contributed by atoms with E-state index in [4.69, 9.17) is 4.74 Å². The number of rotatable bonds is 3. The molecule has 1 aliphatic carbocycles. The van der Waals surface area contributed by atoms with Gasteiger partial charge in [0.2, 0.25) is 5.91 Å². The van der Waals surface area contributed by atoms with Gasteiger partial charge in [-0.2, -0.15) is 0 Å². The second-order valence-corrected chi connectivity index (χ2v) is 6.79. The van der Waals surface area contributed by atoms with E-state index in [-0.39, 0.29) is 11.8 Å². The fraction of sp³-hybridized carbons (Fsp3) is 0.600. The Labute approximate surface area is 123 Å². The highest BCUT2D eigenvalue weighted by molar-refractivity contribution is 7.14. The highest BCUT2D eigenvalue weighted by Crippen LogP contribution is 2.31. The summed E-state index contributed by atoms with van der Waals surface area (Å²) in [5, 5.41) is 2.90. The zero-order chi connectivity index (χ0) is 14.7. The number of esters is 1. The van der Waals surface area contributed by atoms with Gasteiger partial charge in [-0.1, -0.05) is 6.92 Å². The number of ether oxygens (including phenoxy) is 1. The molecule has 5 heteroatoms. The van der Waals surface area contributed by atoms with Gasteiger partial charge in [-0.3, -0.25) is 4.79 Å². The van der Waals surface area contributed by atoms with Crippen LogP contribution in [0.2, 0.25) is 0 Å². The fourth-order valence-corrected chi connectivity index (χ4v) is 3.49. The first-order valence-electron chi connectivity index (χ1n) is 7.01. The lowest BCUT2D eigenvalue weighted by Crippen LogP contribution is -2.27. The minimum atomic E-state index is -0.393. The highest BCUT2D eigenvalue weighted by Gasteiger charge is 2.26. The third-order valence-electron chi connectivity index (χ3n) is 3.87. The van der Waals surface area contributed by atoms with Crippen LogP contribution in [-0.4, -0.2) is 19.0 Å². The molecular weight excluding hydrogens is 274 g/mol. The maximum absolute atomic E-state index is 12.3. The number of hydrogen-bond donors (Lipinski definition) is 1. The summed E-state index contributed by atoms with van der Waals surface area (Å²) in [4.78, 5) is 25.4. The Morgan fingerprint density at radius 2 is 1.95 bits per heavy atom. The van der Waals surface area contributed by atoms with E-state index in [1.807, 2.05) is 13.0 Å². The Hall–Kier alpha value is -1.36. The van der Waals surface area contributed by atoms with Crippen LogP contribution in [0.5, 0.6) is 0 Å². The molecule has 1 saturated carbocycles. The van der Waals surface area contributed by atoms with Gasteiger partial charge >= 0.3 is 5.97 Å². The van der Waals surface area contributed by atoms with Gasteiger partial charge in [-0.15, -0.1) is 11.3 Å². The van der Waals surface area contributed by atoms with Crippen molar-refractivity contribution in [3.8, 4) is 0 Å². The Balaban J connectivity index is 2.06. The number of aryl methyl sites for hydroxylation is 1. The molecule has 4 nitrogen and oxygen atoms in total. The molecule has 0 bridgehead atoms. The average Bonchev–Trinajstić information content (AvgIpc) is 2.79. The molecule has 0 radical (unpaired) electrons. The van der Waals surface area contributed by atoms with E-state index in [1.165, 1.54) is 18.4 Å². The van der Waals surface area contributed by atoms with Crippen molar-refractivity contribution >= 4 is 28.9 Å². The van der Waals surface area contributed by atoms with Crippen LogP contribution in [0.3, 0.4) is 0 Å². The normalized spacial score (nSPS) is 22.4. The highest BCUT2D eigenvalue weighted by atomic mass is 32.1. The molecular formula is C15H21NO3S. The summed E-state index contributed by atoms with van der Waals surface area (Å²) in [7, 11) is 1.35. The monoisotopic (exact) mass is 295 g/mol. The molecule has 2 rings (SSSR count). The summed E-state index contributed by atoms with van der Waals surface area (Å²) in [6.45, 7) is 4.14. The average molecular weight is 295 g/mol. The third-order valence-corrected chi connectivity index (χ3v) is 4.90. The lowest BCUT2D eigenvalue weighted by atomic mass is 9.82. The van der Waals surface area contributed by atoms with E-state index in [1.54, 1.807) is 0 Å². The van der Waals surface area contributed by atoms with E-state index in [2.05, 4.69) is 12.2 Å². The number of nitrogens with one attached hydrogen (secondary N) is 1. The maximum Gasteiger partial charge on any atom is 0.350 e. The predicted molar refractivity (Wildman–Crippen MR) is 80.1 cm³/mol. The Kier molecular flexibility index (Phi) is 4.81. The van der Waals surface area contributed by atoms with Gasteiger partial charge in [0.1, 0.15) is 4.88 Å². The van der Waals surface area contributed by atoms with Gasteiger partial charge in [0, 0.05) is 10.8 Å². The van der Waals surface area contributed by atoms with Crippen LogP contribution in [0.15, 0.2) is 6.07 Å². The summed E-state index contributed by atoms with van der Waals surface area (Å²) < 4.78 is 4.75. The van der Waals surface area contributed by atoms with E-state index < -0.39 is 5.97 Å². The van der Waals surface area contributed by atoms with Crippen LogP contribution in [0.25, 0.3) is 0 Å². The SMILES string of the molecule is COC(=O)c1sc(C)cc1NC(=O)C1CCC(C)CC1. The Bertz CT molecular complexity index is 501. The van der Waals surface area contributed by atoms with E-state index >= 15 is 0 Å². The topological polar surface area (TPSA) is 55.4 Å². The summed E-state index contributed by atoms with van der Waals surface area (Å²) >= 11 is 1.35. The van der Waals surface area contributed by atoms with Gasteiger partial charge in [0.05, 0.1) is 12.8 Å². The zero-order valence-electron chi connectivity index (χ0n) is 12.2. The third kappa shape index (κ3) is 3.39. The number of methoxy groups -OCH3 is 1. The van der Waals surface area contributed by atoms with Gasteiger partial charge in [-0.25, -0.2) is 4.79 Å².